The van der Waals surface area contributed by atoms with Crippen molar-refractivity contribution in [3.05, 3.63) is 102 Å². The zero-order valence-corrected chi connectivity index (χ0v) is 16.7. The van der Waals surface area contributed by atoms with Crippen molar-refractivity contribution in [2.24, 2.45) is 5.73 Å². The van der Waals surface area contributed by atoms with Gasteiger partial charge >= 0.3 is 0 Å². The molecule has 0 saturated heterocycles. The lowest BCUT2D eigenvalue weighted by molar-refractivity contribution is 0.688. The van der Waals surface area contributed by atoms with Gasteiger partial charge in [0.05, 0.1) is 5.70 Å². The number of nitrogens with two attached hydrogens (primary N) is 1. The first-order valence-electron chi connectivity index (χ1n) is 10.2. The minimum atomic E-state index is 0.851. The summed E-state index contributed by atoms with van der Waals surface area (Å²) in [5.41, 5.74) is 13.7. The van der Waals surface area contributed by atoms with Crippen LogP contribution < -0.4 is 16.4 Å². The second-order valence-corrected chi connectivity index (χ2v) is 7.47. The van der Waals surface area contributed by atoms with E-state index < -0.39 is 0 Å². The van der Waals surface area contributed by atoms with E-state index in [1.165, 1.54) is 22.0 Å². The van der Waals surface area contributed by atoms with Crippen LogP contribution in [0.3, 0.4) is 0 Å². The van der Waals surface area contributed by atoms with Crippen LogP contribution in [-0.4, -0.2) is 11.5 Å². The van der Waals surface area contributed by atoms with Gasteiger partial charge in [-0.2, -0.15) is 0 Å². The van der Waals surface area contributed by atoms with E-state index in [-0.39, 0.29) is 0 Å². The molecule has 1 aliphatic carbocycles. The molecule has 3 aromatic rings. The molecule has 148 valence electrons. The summed E-state index contributed by atoms with van der Waals surface area (Å²) < 4.78 is 0. The highest BCUT2D eigenvalue weighted by Crippen LogP contribution is 2.19. The van der Waals surface area contributed by atoms with Crippen LogP contribution in [0.5, 0.6) is 0 Å². The number of fused-ring (bicyclic) bond motifs is 1. The molecule has 0 amide bonds. The van der Waals surface area contributed by atoms with Crippen molar-refractivity contribution in [3.63, 3.8) is 0 Å². The number of rotatable bonds is 8. The molecule has 1 heterocycles. The second kappa shape index (κ2) is 8.84. The molecule has 0 spiro atoms. The van der Waals surface area contributed by atoms with Gasteiger partial charge in [-0.3, -0.25) is 0 Å². The number of allylic oxidation sites excluding steroid dienone is 3. The smallest absolute Gasteiger partial charge is 0.0571 e. The predicted octanol–water partition coefficient (Wildman–Crippen LogP) is 4.58. The number of H-pyrrole nitrogens is 1. The van der Waals surface area contributed by atoms with Crippen LogP contribution in [0.1, 0.15) is 29.5 Å². The molecule has 0 atom stereocenters. The third kappa shape index (κ3) is 4.61. The fraction of sp³-hybridized carbons (Fsp3) is 0.200. The Morgan fingerprint density at radius 1 is 1.10 bits per heavy atom. The summed E-state index contributed by atoms with van der Waals surface area (Å²) in [6.45, 7) is 5.95. The minimum absolute atomic E-state index is 0.851. The van der Waals surface area contributed by atoms with Crippen molar-refractivity contribution in [3.8, 4) is 0 Å². The van der Waals surface area contributed by atoms with E-state index in [0.717, 1.165) is 55.0 Å². The molecule has 1 aliphatic rings. The summed E-state index contributed by atoms with van der Waals surface area (Å²) in [6.07, 6.45) is 9.20. The second-order valence-electron chi connectivity index (χ2n) is 7.47. The zero-order valence-electron chi connectivity index (χ0n) is 16.7. The molecule has 4 rings (SSSR count). The van der Waals surface area contributed by atoms with Gasteiger partial charge in [-0.1, -0.05) is 55.1 Å². The van der Waals surface area contributed by atoms with Crippen LogP contribution in [0.15, 0.2) is 84.9 Å². The van der Waals surface area contributed by atoms with Crippen LogP contribution >= 0.6 is 0 Å². The topological polar surface area (TPSA) is 65.9 Å². The Morgan fingerprint density at radius 3 is 2.76 bits per heavy atom. The molecule has 0 unspecified atom stereocenters. The van der Waals surface area contributed by atoms with E-state index in [4.69, 9.17) is 5.73 Å². The van der Waals surface area contributed by atoms with Gasteiger partial charge in [-0.05, 0) is 54.6 Å². The van der Waals surface area contributed by atoms with E-state index in [1.807, 2.05) is 6.08 Å². The molecule has 0 fully saturated rings. The van der Waals surface area contributed by atoms with Crippen LogP contribution in [0.4, 0.5) is 0 Å². The van der Waals surface area contributed by atoms with Crippen molar-refractivity contribution in [2.45, 2.75) is 25.8 Å². The summed E-state index contributed by atoms with van der Waals surface area (Å²) in [5.74, 6) is 0. The highest BCUT2D eigenvalue weighted by Gasteiger charge is 2.07. The van der Waals surface area contributed by atoms with Crippen molar-refractivity contribution in [1.82, 2.24) is 15.6 Å². The Bertz CT molecular complexity index is 1050. The lowest BCUT2D eigenvalue weighted by atomic mass is 10.1. The number of benzene rings is 2. The molecular formula is C25H28N4. The highest BCUT2D eigenvalue weighted by molar-refractivity contribution is 5.83. The summed E-state index contributed by atoms with van der Waals surface area (Å²) in [5, 5.41) is 8.19. The van der Waals surface area contributed by atoms with Crippen molar-refractivity contribution >= 4 is 16.6 Å². The van der Waals surface area contributed by atoms with Crippen molar-refractivity contribution < 1.29 is 0 Å². The maximum atomic E-state index is 6.08. The molecule has 4 nitrogen and oxygen atoms in total. The van der Waals surface area contributed by atoms with Crippen molar-refractivity contribution in [2.75, 3.05) is 6.54 Å². The molecule has 0 radical (unpaired) electrons. The maximum Gasteiger partial charge on any atom is 0.0571 e. The summed E-state index contributed by atoms with van der Waals surface area (Å²) in [4.78, 5) is 3.34. The standard InChI is InChI=1S/C25H28N4/c1-18(29-25-9-5-3-7-23(25)26)20-12-10-19(11-13-20)16-27-15-14-21-17-28-24-8-4-2-6-22(21)24/h2,4-6,8-13,17,27-29H,1,3,7,14-16,26H2. The number of para-hydroxylation sites is 1. The van der Waals surface area contributed by atoms with Crippen LogP contribution in [0.2, 0.25) is 0 Å². The van der Waals surface area contributed by atoms with Gasteiger partial charge in [0.15, 0.2) is 0 Å². The fourth-order valence-electron chi connectivity index (χ4n) is 3.66. The molecular weight excluding hydrogens is 356 g/mol. The average Bonchev–Trinajstić information content (AvgIpc) is 3.16. The van der Waals surface area contributed by atoms with Gasteiger partial charge in [-0.15, -0.1) is 0 Å². The quantitative estimate of drug-likeness (QED) is 0.430. The van der Waals surface area contributed by atoms with Gasteiger partial charge in [0.2, 0.25) is 0 Å². The number of hydrogen-bond donors (Lipinski definition) is 4. The molecule has 29 heavy (non-hydrogen) atoms. The number of aromatic amines is 1. The molecule has 5 N–H and O–H groups in total. The third-order valence-corrected chi connectivity index (χ3v) is 5.37. The maximum absolute atomic E-state index is 6.08. The Labute approximate surface area is 172 Å². The van der Waals surface area contributed by atoms with Gasteiger partial charge < -0.3 is 21.4 Å². The zero-order chi connectivity index (χ0) is 20.1. The Balaban J connectivity index is 1.27. The van der Waals surface area contributed by atoms with Crippen molar-refractivity contribution in [1.29, 1.82) is 0 Å². The Morgan fingerprint density at radius 2 is 1.93 bits per heavy atom. The first kappa shape index (κ1) is 19.1. The van der Waals surface area contributed by atoms with Crippen LogP contribution in [-0.2, 0) is 13.0 Å². The first-order chi connectivity index (χ1) is 14.2. The van der Waals surface area contributed by atoms with E-state index in [0.29, 0.717) is 0 Å². The highest BCUT2D eigenvalue weighted by atomic mass is 14.9. The van der Waals surface area contributed by atoms with Gasteiger partial charge in [0.25, 0.3) is 0 Å². The van der Waals surface area contributed by atoms with Gasteiger partial charge in [0.1, 0.15) is 0 Å². The number of aromatic nitrogens is 1. The molecule has 4 heteroatoms. The monoisotopic (exact) mass is 384 g/mol. The lowest BCUT2D eigenvalue weighted by Crippen LogP contribution is -2.18. The third-order valence-electron chi connectivity index (χ3n) is 5.37. The fourth-order valence-corrected chi connectivity index (χ4v) is 3.66. The summed E-state index contributed by atoms with van der Waals surface area (Å²) in [6, 6.07) is 17.0. The Hall–Kier alpha value is -3.24. The molecule has 0 aliphatic heterocycles. The predicted molar refractivity (Wildman–Crippen MR) is 122 cm³/mol. The molecule has 2 aromatic carbocycles. The van der Waals surface area contributed by atoms with E-state index in [1.54, 1.807) is 0 Å². The molecule has 0 bridgehead atoms. The number of nitrogens with one attached hydrogen (secondary N) is 3. The first-order valence-corrected chi connectivity index (χ1v) is 10.2. The minimum Gasteiger partial charge on any atom is -0.400 e. The summed E-state index contributed by atoms with van der Waals surface area (Å²) >= 11 is 0. The lowest BCUT2D eigenvalue weighted by Gasteiger charge is -2.16. The van der Waals surface area contributed by atoms with Gasteiger partial charge in [0, 0.05) is 35.0 Å². The SMILES string of the molecule is C=C(NC1=C(N)CCC=C1)c1ccc(CNCCc2c[nH]c3ccccc23)cc1. The van der Waals surface area contributed by atoms with Crippen LogP contribution in [0.25, 0.3) is 16.6 Å². The van der Waals surface area contributed by atoms with Gasteiger partial charge in [-0.25, -0.2) is 0 Å². The largest absolute Gasteiger partial charge is 0.400 e. The number of hydrogen-bond acceptors (Lipinski definition) is 3. The van der Waals surface area contributed by atoms with E-state index >= 15 is 0 Å². The summed E-state index contributed by atoms with van der Waals surface area (Å²) in [7, 11) is 0. The molecule has 0 saturated carbocycles. The normalized spacial score (nSPS) is 13.8. The molecule has 1 aromatic heterocycles. The van der Waals surface area contributed by atoms with Crippen LogP contribution in [0, 0.1) is 0 Å². The Kier molecular flexibility index (Phi) is 5.82. The van der Waals surface area contributed by atoms with E-state index in [9.17, 15) is 0 Å². The average molecular weight is 385 g/mol. The van der Waals surface area contributed by atoms with E-state index in [2.05, 4.69) is 83.0 Å².